The first-order chi connectivity index (χ1) is 7.72. The van der Waals surface area contributed by atoms with E-state index in [1.54, 1.807) is 0 Å². The molecule has 1 saturated heterocycles. The van der Waals surface area contributed by atoms with Crippen LogP contribution in [-0.2, 0) is 0 Å². The fourth-order valence-electron chi connectivity index (χ4n) is 2.63. The van der Waals surface area contributed by atoms with Crippen LogP contribution in [0.25, 0.3) is 0 Å². The van der Waals surface area contributed by atoms with Crippen molar-refractivity contribution in [3.63, 3.8) is 0 Å². The van der Waals surface area contributed by atoms with Gasteiger partial charge in [-0.1, -0.05) is 26.7 Å². The Morgan fingerprint density at radius 1 is 1.31 bits per heavy atom. The zero-order valence-electron chi connectivity index (χ0n) is 11.3. The molecule has 2 unspecified atom stereocenters. The lowest BCUT2D eigenvalue weighted by Gasteiger charge is -2.42. The van der Waals surface area contributed by atoms with Crippen LogP contribution in [0.3, 0.4) is 0 Å². The maximum absolute atomic E-state index is 5.91. The topological polar surface area (TPSA) is 32.5 Å². The number of hydrogen-bond acceptors (Lipinski definition) is 3. The second-order valence-electron chi connectivity index (χ2n) is 5.07. The van der Waals surface area contributed by atoms with Gasteiger partial charge in [0.1, 0.15) is 0 Å². The zero-order valence-corrected chi connectivity index (χ0v) is 11.3. The number of nitrogens with two attached hydrogens (primary N) is 1. The van der Waals surface area contributed by atoms with Crippen molar-refractivity contribution in [2.75, 3.05) is 33.2 Å². The minimum Gasteiger partial charge on any atom is -0.329 e. The van der Waals surface area contributed by atoms with Crippen LogP contribution < -0.4 is 5.73 Å². The van der Waals surface area contributed by atoms with E-state index in [0.717, 1.165) is 12.6 Å². The second kappa shape index (κ2) is 7.25. The van der Waals surface area contributed by atoms with Crippen LogP contribution >= 0.6 is 0 Å². The Morgan fingerprint density at radius 3 is 2.62 bits per heavy atom. The van der Waals surface area contributed by atoms with Gasteiger partial charge in [0, 0.05) is 38.3 Å². The normalized spacial score (nSPS) is 25.9. The van der Waals surface area contributed by atoms with Crippen LogP contribution in [0.4, 0.5) is 0 Å². The molecule has 96 valence electrons. The summed E-state index contributed by atoms with van der Waals surface area (Å²) in [5.41, 5.74) is 5.91. The molecule has 3 nitrogen and oxygen atoms in total. The molecule has 0 aromatic rings. The van der Waals surface area contributed by atoms with Gasteiger partial charge in [-0.25, -0.2) is 0 Å². The van der Waals surface area contributed by atoms with Gasteiger partial charge in [-0.2, -0.15) is 0 Å². The average molecular weight is 227 g/mol. The Bertz CT molecular complexity index is 184. The molecule has 0 radical (unpaired) electrons. The molecule has 1 aliphatic heterocycles. The monoisotopic (exact) mass is 227 g/mol. The maximum Gasteiger partial charge on any atom is 0.0219 e. The highest BCUT2D eigenvalue weighted by atomic mass is 15.3. The van der Waals surface area contributed by atoms with E-state index in [9.17, 15) is 0 Å². The zero-order chi connectivity index (χ0) is 12.0. The molecule has 0 amide bonds. The minimum atomic E-state index is 0.614. The van der Waals surface area contributed by atoms with E-state index < -0.39 is 0 Å². The predicted octanol–water partition coefficient (Wildman–Crippen LogP) is 1.53. The molecule has 1 aliphatic rings. The van der Waals surface area contributed by atoms with Crippen molar-refractivity contribution in [1.82, 2.24) is 9.80 Å². The van der Waals surface area contributed by atoms with Crippen molar-refractivity contribution >= 4 is 0 Å². The highest BCUT2D eigenvalue weighted by Crippen LogP contribution is 2.16. The van der Waals surface area contributed by atoms with Gasteiger partial charge >= 0.3 is 0 Å². The molecule has 3 heteroatoms. The van der Waals surface area contributed by atoms with Gasteiger partial charge < -0.3 is 10.6 Å². The lowest BCUT2D eigenvalue weighted by molar-refractivity contribution is 0.0612. The summed E-state index contributed by atoms with van der Waals surface area (Å²) >= 11 is 0. The fourth-order valence-corrected chi connectivity index (χ4v) is 2.63. The van der Waals surface area contributed by atoms with Crippen molar-refractivity contribution < 1.29 is 0 Å². The summed E-state index contributed by atoms with van der Waals surface area (Å²) in [4.78, 5) is 5.10. The minimum absolute atomic E-state index is 0.614. The number of nitrogens with zero attached hydrogens (tertiary/aromatic N) is 2. The molecule has 0 bridgehead atoms. The third-order valence-corrected chi connectivity index (χ3v) is 3.96. The van der Waals surface area contributed by atoms with Gasteiger partial charge in [0.05, 0.1) is 0 Å². The fraction of sp³-hybridized carbons (Fsp3) is 1.00. The lowest BCUT2D eigenvalue weighted by Crippen LogP contribution is -2.55. The number of hydrogen-bond donors (Lipinski definition) is 1. The molecule has 0 aromatic carbocycles. The maximum atomic E-state index is 5.91. The highest BCUT2D eigenvalue weighted by Gasteiger charge is 2.26. The van der Waals surface area contributed by atoms with Crippen LogP contribution in [0.2, 0.25) is 0 Å². The number of unbranched alkanes of at least 4 members (excludes halogenated alkanes) is 1. The molecular formula is C13H29N3. The van der Waals surface area contributed by atoms with Gasteiger partial charge in [-0.15, -0.1) is 0 Å². The second-order valence-corrected chi connectivity index (χ2v) is 5.07. The average Bonchev–Trinajstić information content (AvgIpc) is 2.32. The summed E-state index contributed by atoms with van der Waals surface area (Å²) in [5, 5.41) is 0. The van der Waals surface area contributed by atoms with Crippen molar-refractivity contribution in [2.24, 2.45) is 5.73 Å². The quantitative estimate of drug-likeness (QED) is 0.747. The van der Waals surface area contributed by atoms with E-state index in [1.165, 1.54) is 45.3 Å². The van der Waals surface area contributed by atoms with E-state index in [2.05, 4.69) is 30.7 Å². The first kappa shape index (κ1) is 13.9. The molecule has 16 heavy (non-hydrogen) atoms. The van der Waals surface area contributed by atoms with Crippen LogP contribution in [0.15, 0.2) is 0 Å². The molecule has 2 atom stereocenters. The molecule has 0 aliphatic carbocycles. The van der Waals surface area contributed by atoms with Gasteiger partial charge in [0.25, 0.3) is 0 Å². The van der Waals surface area contributed by atoms with Crippen molar-refractivity contribution in [3.8, 4) is 0 Å². The summed E-state index contributed by atoms with van der Waals surface area (Å²) in [5.74, 6) is 0. The Kier molecular flexibility index (Phi) is 6.32. The molecule has 1 rings (SSSR count). The Morgan fingerprint density at radius 2 is 2.06 bits per heavy atom. The summed E-state index contributed by atoms with van der Waals surface area (Å²) < 4.78 is 0. The van der Waals surface area contributed by atoms with E-state index in [-0.39, 0.29) is 0 Å². The van der Waals surface area contributed by atoms with Gasteiger partial charge in [-0.05, 0) is 19.9 Å². The van der Waals surface area contributed by atoms with E-state index in [4.69, 9.17) is 5.73 Å². The summed E-state index contributed by atoms with van der Waals surface area (Å²) in [7, 11) is 2.25. The molecule has 0 spiro atoms. The molecule has 1 heterocycles. The van der Waals surface area contributed by atoms with Gasteiger partial charge in [0.2, 0.25) is 0 Å². The molecule has 0 aromatic heterocycles. The van der Waals surface area contributed by atoms with E-state index >= 15 is 0 Å². The summed E-state index contributed by atoms with van der Waals surface area (Å²) in [6.07, 6.45) is 5.11. The van der Waals surface area contributed by atoms with Crippen LogP contribution in [0, 0.1) is 0 Å². The Labute approximate surface area is 101 Å². The molecule has 2 N–H and O–H groups in total. The van der Waals surface area contributed by atoms with E-state index in [0.29, 0.717) is 6.04 Å². The van der Waals surface area contributed by atoms with Crippen molar-refractivity contribution in [1.29, 1.82) is 0 Å². The number of likely N-dealkylation sites (N-methyl/N-ethyl adjacent to an activating group) is 1. The largest absolute Gasteiger partial charge is 0.329 e. The van der Waals surface area contributed by atoms with Crippen molar-refractivity contribution in [3.05, 3.63) is 0 Å². The van der Waals surface area contributed by atoms with Gasteiger partial charge in [-0.3, -0.25) is 4.90 Å². The smallest absolute Gasteiger partial charge is 0.0219 e. The lowest BCUT2D eigenvalue weighted by atomic mass is 10.0. The SMILES string of the molecule is CCCCC(CN)N1CCN(C)C(CC)C1. The summed E-state index contributed by atoms with van der Waals surface area (Å²) in [6, 6.07) is 1.34. The molecule has 1 fully saturated rings. The first-order valence-electron chi connectivity index (χ1n) is 6.87. The molecular weight excluding hydrogens is 198 g/mol. The number of rotatable bonds is 6. The van der Waals surface area contributed by atoms with E-state index in [1.807, 2.05) is 0 Å². The Balaban J connectivity index is 2.45. The van der Waals surface area contributed by atoms with Crippen LogP contribution in [0.5, 0.6) is 0 Å². The molecule has 0 saturated carbocycles. The standard InChI is InChI=1S/C13H29N3/c1-4-6-7-13(10-14)16-9-8-15(3)12(5-2)11-16/h12-13H,4-11,14H2,1-3H3. The van der Waals surface area contributed by atoms with Crippen LogP contribution in [0.1, 0.15) is 39.5 Å². The highest BCUT2D eigenvalue weighted by molar-refractivity contribution is 4.83. The summed E-state index contributed by atoms with van der Waals surface area (Å²) in [6.45, 7) is 8.96. The number of piperazine rings is 1. The van der Waals surface area contributed by atoms with Gasteiger partial charge in [0.15, 0.2) is 0 Å². The third kappa shape index (κ3) is 3.72. The third-order valence-electron chi connectivity index (χ3n) is 3.96. The first-order valence-corrected chi connectivity index (χ1v) is 6.87. The van der Waals surface area contributed by atoms with Crippen LogP contribution in [-0.4, -0.2) is 55.1 Å². The van der Waals surface area contributed by atoms with Crippen molar-refractivity contribution in [2.45, 2.75) is 51.6 Å². The Hall–Kier alpha value is -0.120. The predicted molar refractivity (Wildman–Crippen MR) is 70.6 cm³/mol.